The van der Waals surface area contributed by atoms with Gasteiger partial charge in [0.05, 0.1) is 31.8 Å². The standard InChI is InChI=1S/C21H28N6O5S2/c1-3-32-25-14(13-11-34-21(22)23-13)17(28)24-15-18(29)26-16(20(30)31)12(10-33-19(15)26)9-27(2)7-5-4-6-8-27/h11,15,19H,3-10H2,1-2H3,(H3-,22,23,24,28,30,31)/b25-14-/t15?,19-/m1/s1. The second kappa shape index (κ2) is 9.92. The molecule has 0 spiro atoms. The Morgan fingerprint density at radius 1 is 1.38 bits per heavy atom. The van der Waals surface area contributed by atoms with Crippen LogP contribution in [0.3, 0.4) is 0 Å². The quantitative estimate of drug-likeness (QED) is 0.207. The van der Waals surface area contributed by atoms with Gasteiger partial charge >= 0.3 is 0 Å². The van der Waals surface area contributed by atoms with Gasteiger partial charge in [-0.1, -0.05) is 5.16 Å². The second-order valence-corrected chi connectivity index (χ2v) is 10.8. The number of carboxylic acid groups (broad SMARTS) is 1. The van der Waals surface area contributed by atoms with Gasteiger partial charge in [-0.3, -0.25) is 14.5 Å². The Morgan fingerprint density at radius 3 is 2.74 bits per heavy atom. The number of amides is 2. The number of aromatic nitrogens is 1. The molecular formula is C21H28N6O5S2. The first kappa shape index (κ1) is 24.5. The number of likely N-dealkylation sites (tertiary alicyclic amines) is 1. The summed E-state index contributed by atoms with van der Waals surface area (Å²) in [6, 6.07) is -0.893. The van der Waals surface area contributed by atoms with Crippen molar-refractivity contribution in [1.82, 2.24) is 15.2 Å². The third-order valence-corrected chi connectivity index (χ3v) is 8.27. The number of hydrogen-bond donors (Lipinski definition) is 2. The highest BCUT2D eigenvalue weighted by molar-refractivity contribution is 8.00. The molecule has 2 atom stereocenters. The lowest BCUT2D eigenvalue weighted by molar-refractivity contribution is -0.909. The van der Waals surface area contributed by atoms with Crippen LogP contribution in [-0.2, 0) is 19.2 Å². The van der Waals surface area contributed by atoms with E-state index >= 15 is 0 Å². The van der Waals surface area contributed by atoms with Crippen molar-refractivity contribution in [1.29, 1.82) is 0 Å². The molecule has 13 heteroatoms. The highest BCUT2D eigenvalue weighted by Crippen LogP contribution is 2.41. The van der Waals surface area contributed by atoms with Crippen molar-refractivity contribution in [3.63, 3.8) is 0 Å². The number of nitrogens with two attached hydrogens (primary N) is 1. The van der Waals surface area contributed by atoms with Gasteiger partial charge in [-0.25, -0.2) is 4.98 Å². The number of nitrogens with zero attached hydrogens (tertiary/aromatic N) is 4. The molecule has 4 heterocycles. The summed E-state index contributed by atoms with van der Waals surface area (Å²) >= 11 is 2.59. The summed E-state index contributed by atoms with van der Waals surface area (Å²) in [7, 11) is 2.13. The number of oxime groups is 1. The minimum atomic E-state index is -1.36. The second-order valence-electron chi connectivity index (χ2n) is 8.81. The largest absolute Gasteiger partial charge is 0.543 e. The van der Waals surface area contributed by atoms with Crippen LogP contribution in [0, 0.1) is 0 Å². The van der Waals surface area contributed by atoms with Gasteiger partial charge in [0.2, 0.25) is 0 Å². The molecule has 0 aromatic carbocycles. The number of fused-ring (bicyclic) bond motifs is 1. The molecule has 11 nitrogen and oxygen atoms in total. The summed E-state index contributed by atoms with van der Waals surface area (Å²) in [5.41, 5.74) is 6.47. The molecule has 3 aliphatic heterocycles. The van der Waals surface area contributed by atoms with Crippen LogP contribution in [0.4, 0.5) is 5.13 Å². The summed E-state index contributed by atoms with van der Waals surface area (Å²) in [6.07, 6.45) is 3.39. The number of aliphatic carboxylic acids is 1. The van der Waals surface area contributed by atoms with Gasteiger partial charge in [0.15, 0.2) is 10.8 Å². The first-order valence-corrected chi connectivity index (χ1v) is 13.1. The van der Waals surface area contributed by atoms with Gasteiger partial charge in [-0.2, -0.15) is 0 Å². The molecule has 34 heavy (non-hydrogen) atoms. The Hall–Kier alpha value is -2.64. The third kappa shape index (κ3) is 4.77. The molecule has 3 N–H and O–H groups in total. The Kier molecular flexibility index (Phi) is 7.14. The van der Waals surface area contributed by atoms with Crippen LogP contribution in [0.25, 0.3) is 0 Å². The summed E-state index contributed by atoms with van der Waals surface area (Å²) in [4.78, 5) is 48.4. The average Bonchev–Trinajstić information content (AvgIpc) is 3.23. The Morgan fingerprint density at radius 2 is 2.12 bits per heavy atom. The van der Waals surface area contributed by atoms with Gasteiger partial charge in [-0.05, 0) is 26.2 Å². The molecule has 2 saturated heterocycles. The van der Waals surface area contributed by atoms with Crippen LogP contribution in [0.1, 0.15) is 31.9 Å². The summed E-state index contributed by atoms with van der Waals surface area (Å²) in [6.45, 7) is 4.49. The van der Waals surface area contributed by atoms with E-state index < -0.39 is 29.2 Å². The van der Waals surface area contributed by atoms with Crippen molar-refractivity contribution in [3.05, 3.63) is 22.3 Å². The van der Waals surface area contributed by atoms with Crippen molar-refractivity contribution < 1.29 is 28.8 Å². The molecule has 184 valence electrons. The topological polar surface area (TPSA) is 150 Å². The smallest absolute Gasteiger partial charge is 0.276 e. The zero-order valence-electron chi connectivity index (χ0n) is 19.1. The zero-order valence-corrected chi connectivity index (χ0v) is 20.7. The molecule has 0 radical (unpaired) electrons. The van der Waals surface area contributed by atoms with E-state index in [1.54, 1.807) is 12.3 Å². The number of thiazole rings is 1. The number of carbonyl (C=O) groups excluding carboxylic acids is 3. The maximum absolute atomic E-state index is 13.0. The lowest BCUT2D eigenvalue weighted by atomic mass is 10.0. The van der Waals surface area contributed by atoms with Crippen molar-refractivity contribution >= 4 is 51.7 Å². The molecule has 3 aliphatic rings. The average molecular weight is 509 g/mol. The molecular weight excluding hydrogens is 480 g/mol. The lowest BCUT2D eigenvalue weighted by Crippen LogP contribution is -2.72. The first-order chi connectivity index (χ1) is 16.2. The third-order valence-electron chi connectivity index (χ3n) is 6.26. The highest BCUT2D eigenvalue weighted by atomic mass is 32.2. The van der Waals surface area contributed by atoms with E-state index in [4.69, 9.17) is 10.6 Å². The van der Waals surface area contributed by atoms with Crippen LogP contribution in [0.2, 0.25) is 0 Å². The van der Waals surface area contributed by atoms with Gasteiger partial charge in [-0.15, -0.1) is 23.1 Å². The van der Waals surface area contributed by atoms with Crippen molar-refractivity contribution in [2.75, 3.05) is 44.8 Å². The molecule has 1 aromatic heterocycles. The normalized spacial score (nSPS) is 24.4. The number of likely N-dealkylation sites (N-methyl/N-ethyl adjacent to an activating group) is 1. The van der Waals surface area contributed by atoms with Gasteiger partial charge in [0, 0.05) is 16.7 Å². The summed E-state index contributed by atoms with van der Waals surface area (Å²) < 4.78 is 0.757. The van der Waals surface area contributed by atoms with Gasteiger partial charge in [0.1, 0.15) is 30.3 Å². The van der Waals surface area contributed by atoms with E-state index in [-0.39, 0.29) is 28.8 Å². The Labute approximate surface area is 205 Å². The van der Waals surface area contributed by atoms with Crippen LogP contribution >= 0.6 is 23.1 Å². The molecule has 4 rings (SSSR count). The fourth-order valence-corrected chi connectivity index (χ4v) is 6.51. The molecule has 0 aliphatic carbocycles. The molecule has 0 bridgehead atoms. The molecule has 1 aromatic rings. The number of nitrogen functional groups attached to an aromatic ring is 1. The monoisotopic (exact) mass is 508 g/mol. The van der Waals surface area contributed by atoms with E-state index in [2.05, 4.69) is 22.5 Å². The van der Waals surface area contributed by atoms with Crippen LogP contribution in [0.15, 0.2) is 21.8 Å². The maximum Gasteiger partial charge on any atom is 0.276 e. The maximum atomic E-state index is 13.0. The minimum Gasteiger partial charge on any atom is -0.543 e. The highest BCUT2D eigenvalue weighted by Gasteiger charge is 2.53. The molecule has 2 fully saturated rings. The van der Waals surface area contributed by atoms with Crippen molar-refractivity contribution in [2.45, 2.75) is 37.6 Å². The van der Waals surface area contributed by atoms with Gasteiger partial charge < -0.3 is 30.3 Å². The summed E-state index contributed by atoms with van der Waals surface area (Å²) in [5, 5.41) is 19.9. The van der Waals surface area contributed by atoms with E-state index in [9.17, 15) is 19.5 Å². The van der Waals surface area contributed by atoms with Crippen LogP contribution in [-0.4, -0.2) is 88.3 Å². The number of nitrogens with one attached hydrogen (secondary N) is 1. The predicted molar refractivity (Wildman–Crippen MR) is 126 cm³/mol. The van der Waals surface area contributed by atoms with E-state index in [0.717, 1.165) is 41.8 Å². The fourth-order valence-electron chi connectivity index (χ4n) is 4.63. The van der Waals surface area contributed by atoms with Crippen LogP contribution in [0.5, 0.6) is 0 Å². The molecule has 2 amide bonds. The van der Waals surface area contributed by atoms with E-state index in [1.165, 1.54) is 23.1 Å². The van der Waals surface area contributed by atoms with Crippen LogP contribution < -0.4 is 16.2 Å². The zero-order chi connectivity index (χ0) is 24.5. The summed E-state index contributed by atoms with van der Waals surface area (Å²) in [5.74, 6) is -2.04. The van der Waals surface area contributed by atoms with Crippen molar-refractivity contribution in [2.24, 2.45) is 5.16 Å². The number of quaternary nitrogens is 1. The Bertz CT molecular complexity index is 1050. The number of anilines is 1. The lowest BCUT2D eigenvalue weighted by Gasteiger charge is -2.51. The number of piperidine rings is 1. The number of carbonyl (C=O) groups is 3. The number of carboxylic acids is 1. The molecule has 1 unspecified atom stereocenters. The van der Waals surface area contributed by atoms with E-state index in [0.29, 0.717) is 17.9 Å². The molecule has 0 saturated carbocycles. The number of hydrogen-bond acceptors (Lipinski definition) is 10. The SMILES string of the molecule is CCO/N=C(\C(=O)NC1C(=O)N2C(C(=O)[O-])=C(C[N+]3(C)CCCCC3)CS[C@H]12)c1csc(N)n1. The predicted octanol–water partition coefficient (Wildman–Crippen LogP) is -0.500. The minimum absolute atomic E-state index is 0.0559. The number of rotatable bonds is 8. The number of thioether (sulfide) groups is 1. The van der Waals surface area contributed by atoms with Crippen molar-refractivity contribution in [3.8, 4) is 0 Å². The fraction of sp³-hybridized carbons (Fsp3) is 0.571. The Balaban J connectivity index is 1.51. The van der Waals surface area contributed by atoms with E-state index in [1.807, 2.05) is 0 Å². The first-order valence-electron chi connectivity index (χ1n) is 11.2. The number of β-lactam (4-membered cyclic amide) rings is 1. The van der Waals surface area contributed by atoms with Gasteiger partial charge in [0.25, 0.3) is 11.8 Å².